The first-order chi connectivity index (χ1) is 10.3. The van der Waals surface area contributed by atoms with Crippen LogP contribution in [0.4, 0.5) is 0 Å². The lowest BCUT2D eigenvalue weighted by atomic mass is 9.99. The maximum atomic E-state index is 5.86. The number of nitrogens with zero attached hydrogens (tertiary/aromatic N) is 5. The number of rotatable bonds is 2. The standard InChI is InChI=1S/C15H15N5O/c1-10-16-17-13-8-7-12(9-20(10)13)15-19-18-14(21-15)11-5-3-2-4-6-11/h2-6,12H,7-9H2,1H3. The summed E-state index contributed by atoms with van der Waals surface area (Å²) >= 11 is 0. The van der Waals surface area contributed by atoms with Crippen molar-refractivity contribution in [1.82, 2.24) is 25.0 Å². The van der Waals surface area contributed by atoms with E-state index in [2.05, 4.69) is 25.0 Å². The zero-order valence-electron chi connectivity index (χ0n) is 11.7. The Balaban J connectivity index is 1.61. The van der Waals surface area contributed by atoms with Gasteiger partial charge >= 0.3 is 0 Å². The molecule has 0 spiro atoms. The normalized spacial score (nSPS) is 17.7. The Kier molecular flexibility index (Phi) is 2.80. The second-order valence-electron chi connectivity index (χ2n) is 5.32. The number of aryl methyl sites for hydroxylation is 2. The van der Waals surface area contributed by atoms with Gasteiger partial charge in [0, 0.05) is 18.5 Å². The summed E-state index contributed by atoms with van der Waals surface area (Å²) < 4.78 is 8.00. The summed E-state index contributed by atoms with van der Waals surface area (Å²) in [6.07, 6.45) is 1.86. The molecule has 0 amide bonds. The second-order valence-corrected chi connectivity index (χ2v) is 5.32. The van der Waals surface area contributed by atoms with Crippen LogP contribution in [0.25, 0.3) is 11.5 Å². The van der Waals surface area contributed by atoms with Crippen LogP contribution in [0.15, 0.2) is 34.7 Å². The molecule has 0 bridgehead atoms. The Morgan fingerprint density at radius 3 is 2.81 bits per heavy atom. The third-order valence-corrected chi connectivity index (χ3v) is 3.94. The van der Waals surface area contributed by atoms with Crippen molar-refractivity contribution in [2.24, 2.45) is 0 Å². The fraction of sp³-hybridized carbons (Fsp3) is 0.333. The number of hydrogen-bond donors (Lipinski definition) is 0. The Hall–Kier alpha value is -2.50. The topological polar surface area (TPSA) is 69.6 Å². The minimum absolute atomic E-state index is 0.233. The van der Waals surface area contributed by atoms with E-state index in [1.54, 1.807) is 0 Å². The molecule has 6 heteroatoms. The highest BCUT2D eigenvalue weighted by atomic mass is 16.4. The Labute approximate surface area is 121 Å². The van der Waals surface area contributed by atoms with E-state index in [9.17, 15) is 0 Å². The van der Waals surface area contributed by atoms with E-state index in [-0.39, 0.29) is 5.92 Å². The van der Waals surface area contributed by atoms with Crippen molar-refractivity contribution in [1.29, 1.82) is 0 Å². The molecule has 0 aliphatic carbocycles. The number of aromatic nitrogens is 5. The molecular weight excluding hydrogens is 266 g/mol. The third-order valence-electron chi connectivity index (χ3n) is 3.94. The van der Waals surface area contributed by atoms with Crippen molar-refractivity contribution in [2.75, 3.05) is 0 Å². The van der Waals surface area contributed by atoms with Crippen LogP contribution in [-0.4, -0.2) is 25.0 Å². The van der Waals surface area contributed by atoms with E-state index in [1.807, 2.05) is 37.3 Å². The fourth-order valence-corrected chi connectivity index (χ4v) is 2.76. The van der Waals surface area contributed by atoms with Gasteiger partial charge < -0.3 is 8.98 Å². The van der Waals surface area contributed by atoms with E-state index in [1.165, 1.54) is 0 Å². The first kappa shape index (κ1) is 12.3. The van der Waals surface area contributed by atoms with Crippen molar-refractivity contribution in [3.8, 4) is 11.5 Å². The van der Waals surface area contributed by atoms with Crippen LogP contribution < -0.4 is 0 Å². The molecular formula is C15H15N5O. The first-order valence-electron chi connectivity index (χ1n) is 7.09. The number of benzene rings is 1. The van der Waals surface area contributed by atoms with Crippen molar-refractivity contribution in [3.05, 3.63) is 47.9 Å². The van der Waals surface area contributed by atoms with Gasteiger partial charge in [-0.05, 0) is 25.5 Å². The van der Waals surface area contributed by atoms with Crippen molar-refractivity contribution >= 4 is 0 Å². The Bertz CT molecular complexity index is 761. The smallest absolute Gasteiger partial charge is 0.247 e. The fourth-order valence-electron chi connectivity index (χ4n) is 2.76. The second kappa shape index (κ2) is 4.80. The van der Waals surface area contributed by atoms with Crippen LogP contribution in [0.2, 0.25) is 0 Å². The maximum Gasteiger partial charge on any atom is 0.247 e. The summed E-state index contributed by atoms with van der Waals surface area (Å²) in [6.45, 7) is 2.78. The predicted molar refractivity (Wildman–Crippen MR) is 75.6 cm³/mol. The quantitative estimate of drug-likeness (QED) is 0.721. The van der Waals surface area contributed by atoms with E-state index in [4.69, 9.17) is 4.42 Å². The largest absolute Gasteiger partial charge is 0.420 e. The lowest BCUT2D eigenvalue weighted by Gasteiger charge is -2.20. The molecule has 4 rings (SSSR count). The van der Waals surface area contributed by atoms with Crippen molar-refractivity contribution < 1.29 is 4.42 Å². The molecule has 6 nitrogen and oxygen atoms in total. The molecule has 1 aliphatic rings. The molecule has 1 atom stereocenters. The van der Waals surface area contributed by atoms with Crippen LogP contribution in [0.3, 0.4) is 0 Å². The summed E-state index contributed by atoms with van der Waals surface area (Å²) in [5.74, 6) is 3.51. The summed E-state index contributed by atoms with van der Waals surface area (Å²) in [5.41, 5.74) is 0.952. The molecule has 0 saturated heterocycles. The average Bonchev–Trinajstić information content (AvgIpc) is 3.16. The summed E-state index contributed by atoms with van der Waals surface area (Å²) in [6, 6.07) is 9.85. The van der Waals surface area contributed by atoms with Gasteiger partial charge in [0.1, 0.15) is 11.6 Å². The zero-order chi connectivity index (χ0) is 14.2. The summed E-state index contributed by atoms with van der Waals surface area (Å²) in [5, 5.41) is 16.7. The predicted octanol–water partition coefficient (Wildman–Crippen LogP) is 2.37. The maximum absolute atomic E-state index is 5.86. The lowest BCUT2D eigenvalue weighted by Crippen LogP contribution is -2.20. The highest BCUT2D eigenvalue weighted by Gasteiger charge is 2.26. The first-order valence-corrected chi connectivity index (χ1v) is 7.09. The van der Waals surface area contributed by atoms with E-state index in [0.29, 0.717) is 11.8 Å². The Morgan fingerprint density at radius 2 is 1.95 bits per heavy atom. The van der Waals surface area contributed by atoms with E-state index in [0.717, 1.165) is 36.6 Å². The molecule has 2 aromatic heterocycles. The van der Waals surface area contributed by atoms with Gasteiger partial charge in [0.2, 0.25) is 11.8 Å². The zero-order valence-corrected chi connectivity index (χ0v) is 11.7. The van der Waals surface area contributed by atoms with Crippen LogP contribution in [0.1, 0.15) is 29.9 Å². The van der Waals surface area contributed by atoms with Gasteiger partial charge in [-0.15, -0.1) is 20.4 Å². The molecule has 21 heavy (non-hydrogen) atoms. The molecule has 0 fully saturated rings. The highest BCUT2D eigenvalue weighted by molar-refractivity contribution is 5.51. The van der Waals surface area contributed by atoms with Gasteiger partial charge in [0.25, 0.3) is 0 Å². The van der Waals surface area contributed by atoms with Gasteiger partial charge in [-0.2, -0.15) is 0 Å². The lowest BCUT2D eigenvalue weighted by molar-refractivity contribution is 0.369. The van der Waals surface area contributed by atoms with Gasteiger partial charge in [0.15, 0.2) is 0 Å². The number of hydrogen-bond acceptors (Lipinski definition) is 5. The van der Waals surface area contributed by atoms with Crippen molar-refractivity contribution in [3.63, 3.8) is 0 Å². The van der Waals surface area contributed by atoms with Crippen LogP contribution in [-0.2, 0) is 13.0 Å². The third kappa shape index (κ3) is 2.12. The molecule has 0 saturated carbocycles. The minimum atomic E-state index is 0.233. The minimum Gasteiger partial charge on any atom is -0.420 e. The average molecular weight is 281 g/mol. The van der Waals surface area contributed by atoms with Gasteiger partial charge in [-0.1, -0.05) is 18.2 Å². The Morgan fingerprint density at radius 1 is 1.10 bits per heavy atom. The van der Waals surface area contributed by atoms with Crippen LogP contribution in [0.5, 0.6) is 0 Å². The van der Waals surface area contributed by atoms with Crippen molar-refractivity contribution in [2.45, 2.75) is 32.2 Å². The highest BCUT2D eigenvalue weighted by Crippen LogP contribution is 2.29. The van der Waals surface area contributed by atoms with Crippen LogP contribution >= 0.6 is 0 Å². The molecule has 1 aromatic carbocycles. The summed E-state index contributed by atoms with van der Waals surface area (Å²) in [4.78, 5) is 0. The molecule has 3 aromatic rings. The van der Waals surface area contributed by atoms with Crippen LogP contribution in [0, 0.1) is 6.92 Å². The SMILES string of the molecule is Cc1nnc2n1CC(c1nnc(-c3ccccc3)o1)CC2. The molecule has 106 valence electrons. The van der Waals surface area contributed by atoms with Gasteiger partial charge in [-0.3, -0.25) is 0 Å². The summed E-state index contributed by atoms with van der Waals surface area (Å²) in [7, 11) is 0. The molecule has 3 heterocycles. The monoisotopic (exact) mass is 281 g/mol. The van der Waals surface area contributed by atoms with E-state index < -0.39 is 0 Å². The molecule has 1 unspecified atom stereocenters. The molecule has 0 radical (unpaired) electrons. The van der Waals surface area contributed by atoms with Gasteiger partial charge in [0.05, 0.1) is 5.92 Å². The molecule has 0 N–H and O–H groups in total. The molecule has 1 aliphatic heterocycles. The van der Waals surface area contributed by atoms with E-state index >= 15 is 0 Å². The van der Waals surface area contributed by atoms with Gasteiger partial charge in [-0.25, -0.2) is 0 Å². The number of fused-ring (bicyclic) bond motifs is 1.